The molecule has 0 radical (unpaired) electrons. The fourth-order valence-corrected chi connectivity index (χ4v) is 3.39. The topological polar surface area (TPSA) is 36.1 Å². The lowest BCUT2D eigenvalue weighted by Gasteiger charge is -2.22. The second kappa shape index (κ2) is 4.89. The van der Waals surface area contributed by atoms with E-state index in [4.69, 9.17) is 11.6 Å². The van der Waals surface area contributed by atoms with Crippen LogP contribution in [0.15, 0.2) is 48.5 Å². The number of nitrogens with one attached hydrogen (secondary N) is 1. The van der Waals surface area contributed by atoms with Crippen LogP contribution < -0.4 is 4.90 Å². The van der Waals surface area contributed by atoms with Gasteiger partial charge in [0.05, 0.1) is 0 Å². The molecule has 4 rings (SSSR count). The first-order chi connectivity index (χ1) is 10.6. The zero-order chi connectivity index (χ0) is 15.3. The molecular formula is C18H15ClN2O. The smallest absolute Gasteiger partial charge is 0.274 e. The molecule has 1 N–H and O–H groups in total. The van der Waals surface area contributed by atoms with Gasteiger partial charge in [-0.05, 0) is 43.2 Å². The molecule has 0 fully saturated rings. The molecule has 0 saturated heterocycles. The van der Waals surface area contributed by atoms with E-state index in [0.29, 0.717) is 10.7 Å². The highest BCUT2D eigenvalue weighted by atomic mass is 35.5. The van der Waals surface area contributed by atoms with Gasteiger partial charge in [0, 0.05) is 27.7 Å². The summed E-state index contributed by atoms with van der Waals surface area (Å²) in [4.78, 5) is 18.0. The van der Waals surface area contributed by atoms with Crippen molar-refractivity contribution in [3.63, 3.8) is 0 Å². The molecule has 0 spiro atoms. The number of para-hydroxylation sites is 1. The number of carbonyl (C=O) groups excluding carboxylic acids is 1. The monoisotopic (exact) mass is 310 g/mol. The lowest BCUT2D eigenvalue weighted by Crippen LogP contribution is -2.35. The third-order valence-corrected chi connectivity index (χ3v) is 4.48. The van der Waals surface area contributed by atoms with Crippen LogP contribution in [0.2, 0.25) is 5.02 Å². The summed E-state index contributed by atoms with van der Waals surface area (Å²) < 4.78 is 0. The molecule has 1 amide bonds. The van der Waals surface area contributed by atoms with Crippen molar-refractivity contribution in [2.45, 2.75) is 19.4 Å². The van der Waals surface area contributed by atoms with Gasteiger partial charge >= 0.3 is 0 Å². The van der Waals surface area contributed by atoms with Gasteiger partial charge in [-0.1, -0.05) is 35.9 Å². The SMILES string of the molecule is CC1Cc2ccccc2N1C(=O)c1cc2ccc(Cl)cc2[nH]1. The molecule has 0 bridgehead atoms. The summed E-state index contributed by atoms with van der Waals surface area (Å²) in [5, 5.41) is 1.65. The number of benzene rings is 2. The van der Waals surface area contributed by atoms with Crippen molar-refractivity contribution in [1.29, 1.82) is 0 Å². The minimum atomic E-state index is 0.00442. The molecule has 2 heterocycles. The highest BCUT2D eigenvalue weighted by Gasteiger charge is 2.31. The number of nitrogens with zero attached hydrogens (tertiary/aromatic N) is 1. The molecule has 110 valence electrons. The predicted octanol–water partition coefficient (Wildman–Crippen LogP) is 4.41. The van der Waals surface area contributed by atoms with E-state index < -0.39 is 0 Å². The van der Waals surface area contributed by atoms with E-state index in [1.54, 1.807) is 0 Å². The van der Waals surface area contributed by atoms with Gasteiger partial charge in [-0.2, -0.15) is 0 Å². The molecule has 4 heteroatoms. The Morgan fingerprint density at radius 1 is 1.23 bits per heavy atom. The lowest BCUT2D eigenvalue weighted by atomic mass is 10.1. The number of aromatic amines is 1. The second-order valence-corrected chi connectivity index (χ2v) is 6.21. The first-order valence-electron chi connectivity index (χ1n) is 7.33. The summed E-state index contributed by atoms with van der Waals surface area (Å²) in [6, 6.07) is 15.7. The molecule has 1 aliphatic heterocycles. The average molecular weight is 311 g/mol. The zero-order valence-corrected chi connectivity index (χ0v) is 12.9. The van der Waals surface area contributed by atoms with Gasteiger partial charge in [-0.25, -0.2) is 0 Å². The summed E-state index contributed by atoms with van der Waals surface area (Å²) in [5.41, 5.74) is 3.72. The Kier molecular flexibility index (Phi) is 2.98. The summed E-state index contributed by atoms with van der Waals surface area (Å²) in [7, 11) is 0. The van der Waals surface area contributed by atoms with Gasteiger partial charge in [0.15, 0.2) is 0 Å². The van der Waals surface area contributed by atoms with Crippen LogP contribution >= 0.6 is 11.6 Å². The Morgan fingerprint density at radius 2 is 2.05 bits per heavy atom. The highest BCUT2D eigenvalue weighted by molar-refractivity contribution is 6.31. The number of rotatable bonds is 1. The molecule has 0 aliphatic carbocycles. The number of hydrogen-bond donors (Lipinski definition) is 1. The summed E-state index contributed by atoms with van der Waals surface area (Å²) in [6.45, 7) is 2.08. The maximum atomic E-state index is 12.9. The van der Waals surface area contributed by atoms with E-state index in [9.17, 15) is 4.79 Å². The number of anilines is 1. The van der Waals surface area contributed by atoms with Crippen LogP contribution in [0, 0.1) is 0 Å². The van der Waals surface area contributed by atoms with E-state index >= 15 is 0 Å². The Hall–Kier alpha value is -2.26. The Labute approximate surface area is 133 Å². The zero-order valence-electron chi connectivity index (χ0n) is 12.1. The normalized spacial score (nSPS) is 17.0. The number of halogens is 1. The standard InChI is InChI=1S/C18H15ClN2O/c1-11-8-13-4-2-3-5-17(13)21(11)18(22)16-9-12-6-7-14(19)10-15(12)20-16/h2-7,9-11,20H,8H2,1H3. The third kappa shape index (κ3) is 2.01. The van der Waals surface area contributed by atoms with Crippen molar-refractivity contribution in [2.75, 3.05) is 4.90 Å². The van der Waals surface area contributed by atoms with Crippen LogP contribution in [0.5, 0.6) is 0 Å². The van der Waals surface area contributed by atoms with Crippen LogP contribution in [0.25, 0.3) is 10.9 Å². The van der Waals surface area contributed by atoms with Crippen LogP contribution in [-0.4, -0.2) is 16.9 Å². The number of carbonyl (C=O) groups is 1. The molecule has 1 aromatic heterocycles. The molecular weight excluding hydrogens is 296 g/mol. The van der Waals surface area contributed by atoms with Gasteiger partial charge in [0.25, 0.3) is 5.91 Å². The van der Waals surface area contributed by atoms with Crippen molar-refractivity contribution in [2.24, 2.45) is 0 Å². The molecule has 22 heavy (non-hydrogen) atoms. The highest BCUT2D eigenvalue weighted by Crippen LogP contribution is 2.33. The lowest BCUT2D eigenvalue weighted by molar-refractivity contribution is 0.0977. The van der Waals surface area contributed by atoms with E-state index in [2.05, 4.69) is 18.0 Å². The minimum absolute atomic E-state index is 0.00442. The predicted molar refractivity (Wildman–Crippen MR) is 89.7 cm³/mol. The molecule has 1 atom stereocenters. The Bertz CT molecular complexity index is 884. The average Bonchev–Trinajstić information content (AvgIpc) is 3.06. The maximum Gasteiger partial charge on any atom is 0.274 e. The van der Waals surface area contributed by atoms with Gasteiger partial charge in [-0.15, -0.1) is 0 Å². The van der Waals surface area contributed by atoms with E-state index in [-0.39, 0.29) is 11.9 Å². The largest absolute Gasteiger partial charge is 0.350 e. The van der Waals surface area contributed by atoms with Crippen LogP contribution in [0.4, 0.5) is 5.69 Å². The van der Waals surface area contributed by atoms with E-state index in [1.165, 1.54) is 5.56 Å². The molecule has 3 nitrogen and oxygen atoms in total. The Morgan fingerprint density at radius 3 is 2.91 bits per heavy atom. The van der Waals surface area contributed by atoms with Crippen molar-refractivity contribution >= 4 is 34.1 Å². The number of fused-ring (bicyclic) bond motifs is 2. The molecule has 1 aliphatic rings. The number of aromatic nitrogens is 1. The van der Waals surface area contributed by atoms with Gasteiger partial charge in [-0.3, -0.25) is 4.79 Å². The molecule has 1 unspecified atom stereocenters. The van der Waals surface area contributed by atoms with Gasteiger partial charge < -0.3 is 9.88 Å². The van der Waals surface area contributed by atoms with Crippen molar-refractivity contribution in [3.05, 3.63) is 64.8 Å². The molecule has 2 aromatic carbocycles. The summed E-state index contributed by atoms with van der Waals surface area (Å²) >= 11 is 6.01. The van der Waals surface area contributed by atoms with Crippen molar-refractivity contribution < 1.29 is 4.79 Å². The number of amides is 1. The van der Waals surface area contributed by atoms with Gasteiger partial charge in [0.2, 0.25) is 0 Å². The molecule has 0 saturated carbocycles. The fourth-order valence-electron chi connectivity index (χ4n) is 3.22. The van der Waals surface area contributed by atoms with E-state index in [0.717, 1.165) is 23.0 Å². The van der Waals surface area contributed by atoms with Gasteiger partial charge in [0.1, 0.15) is 5.69 Å². The maximum absolute atomic E-state index is 12.9. The molecule has 3 aromatic rings. The van der Waals surface area contributed by atoms with Crippen molar-refractivity contribution in [1.82, 2.24) is 4.98 Å². The third-order valence-electron chi connectivity index (χ3n) is 4.24. The Balaban J connectivity index is 1.77. The second-order valence-electron chi connectivity index (χ2n) is 5.77. The summed E-state index contributed by atoms with van der Waals surface area (Å²) in [6.07, 6.45) is 0.897. The van der Waals surface area contributed by atoms with Crippen LogP contribution in [-0.2, 0) is 6.42 Å². The van der Waals surface area contributed by atoms with Crippen molar-refractivity contribution in [3.8, 4) is 0 Å². The first-order valence-corrected chi connectivity index (χ1v) is 7.71. The summed E-state index contributed by atoms with van der Waals surface area (Å²) in [5.74, 6) is 0.00442. The minimum Gasteiger partial charge on any atom is -0.350 e. The fraction of sp³-hybridized carbons (Fsp3) is 0.167. The van der Waals surface area contributed by atoms with Crippen LogP contribution in [0.1, 0.15) is 23.0 Å². The first kappa shape index (κ1) is 13.4. The number of hydrogen-bond acceptors (Lipinski definition) is 1. The quantitative estimate of drug-likeness (QED) is 0.710. The number of H-pyrrole nitrogens is 1. The van der Waals surface area contributed by atoms with E-state index in [1.807, 2.05) is 47.4 Å². The van der Waals surface area contributed by atoms with Crippen LogP contribution in [0.3, 0.4) is 0 Å².